The van der Waals surface area contributed by atoms with Crippen molar-refractivity contribution in [1.82, 2.24) is 35.9 Å². The molecule has 0 spiro atoms. The number of tetrazole rings is 1. The minimum atomic E-state index is -0.318. The lowest BCUT2D eigenvalue weighted by molar-refractivity contribution is 0.0944. The van der Waals surface area contributed by atoms with E-state index in [9.17, 15) is 4.79 Å². The number of anilines is 1. The number of rotatable bonds is 4. The summed E-state index contributed by atoms with van der Waals surface area (Å²) in [7, 11) is 1.69. The SMILES string of the molecule is CNc1nc(C)cc(C(=O)NCc2nn[nH]n2)n1. The third-order valence-corrected chi connectivity index (χ3v) is 2.11. The van der Waals surface area contributed by atoms with Crippen molar-refractivity contribution in [1.29, 1.82) is 0 Å². The van der Waals surface area contributed by atoms with Gasteiger partial charge in [0.25, 0.3) is 5.91 Å². The first-order valence-corrected chi connectivity index (χ1v) is 5.23. The molecule has 0 saturated carbocycles. The van der Waals surface area contributed by atoms with E-state index in [1.807, 2.05) is 0 Å². The van der Waals surface area contributed by atoms with Crippen molar-refractivity contribution in [3.05, 3.63) is 23.3 Å². The van der Waals surface area contributed by atoms with Gasteiger partial charge >= 0.3 is 0 Å². The third kappa shape index (κ3) is 2.75. The summed E-state index contributed by atoms with van der Waals surface area (Å²) in [6, 6.07) is 1.60. The van der Waals surface area contributed by atoms with E-state index in [0.29, 0.717) is 17.5 Å². The Hall–Kier alpha value is -2.58. The fraction of sp³-hybridized carbons (Fsp3) is 0.333. The molecule has 18 heavy (non-hydrogen) atoms. The Morgan fingerprint density at radius 2 is 2.28 bits per heavy atom. The minimum absolute atomic E-state index is 0.188. The van der Waals surface area contributed by atoms with Crippen LogP contribution in [0.25, 0.3) is 0 Å². The third-order valence-electron chi connectivity index (χ3n) is 2.11. The molecule has 0 atom stereocenters. The Balaban J connectivity index is 2.06. The van der Waals surface area contributed by atoms with Crippen molar-refractivity contribution >= 4 is 11.9 Å². The van der Waals surface area contributed by atoms with Gasteiger partial charge in [-0.15, -0.1) is 10.2 Å². The van der Waals surface area contributed by atoms with Crippen LogP contribution in [-0.4, -0.2) is 43.5 Å². The van der Waals surface area contributed by atoms with E-state index in [0.717, 1.165) is 0 Å². The lowest BCUT2D eigenvalue weighted by Crippen LogP contribution is -2.25. The van der Waals surface area contributed by atoms with Crippen molar-refractivity contribution in [2.24, 2.45) is 0 Å². The van der Waals surface area contributed by atoms with Crippen LogP contribution in [0.15, 0.2) is 6.07 Å². The van der Waals surface area contributed by atoms with Crippen LogP contribution in [0.1, 0.15) is 22.0 Å². The summed E-state index contributed by atoms with van der Waals surface area (Å²) in [4.78, 5) is 20.0. The number of aromatic amines is 1. The molecule has 0 radical (unpaired) electrons. The number of carbonyl (C=O) groups excluding carboxylic acids is 1. The van der Waals surface area contributed by atoms with Gasteiger partial charge in [-0.25, -0.2) is 9.97 Å². The first-order valence-electron chi connectivity index (χ1n) is 5.23. The number of nitrogens with zero attached hydrogens (tertiary/aromatic N) is 5. The largest absolute Gasteiger partial charge is 0.357 e. The van der Waals surface area contributed by atoms with Crippen LogP contribution in [0.2, 0.25) is 0 Å². The average Bonchev–Trinajstić information content (AvgIpc) is 2.88. The van der Waals surface area contributed by atoms with Gasteiger partial charge in [-0.05, 0) is 13.0 Å². The van der Waals surface area contributed by atoms with Crippen LogP contribution >= 0.6 is 0 Å². The summed E-state index contributed by atoms with van der Waals surface area (Å²) < 4.78 is 0. The monoisotopic (exact) mass is 248 g/mol. The Morgan fingerprint density at radius 3 is 2.94 bits per heavy atom. The minimum Gasteiger partial charge on any atom is -0.357 e. The van der Waals surface area contributed by atoms with Gasteiger partial charge in [-0.1, -0.05) is 5.21 Å². The first kappa shape index (κ1) is 11.9. The zero-order valence-electron chi connectivity index (χ0n) is 9.93. The van der Waals surface area contributed by atoms with E-state index >= 15 is 0 Å². The number of nitrogens with one attached hydrogen (secondary N) is 3. The molecule has 9 heteroatoms. The highest BCUT2D eigenvalue weighted by Gasteiger charge is 2.10. The summed E-state index contributed by atoms with van der Waals surface area (Å²) in [5.41, 5.74) is 0.995. The fourth-order valence-corrected chi connectivity index (χ4v) is 1.30. The lowest BCUT2D eigenvalue weighted by atomic mass is 10.3. The molecule has 0 aromatic carbocycles. The zero-order valence-corrected chi connectivity index (χ0v) is 9.93. The molecule has 3 N–H and O–H groups in total. The maximum Gasteiger partial charge on any atom is 0.270 e. The van der Waals surface area contributed by atoms with E-state index < -0.39 is 0 Å². The van der Waals surface area contributed by atoms with Gasteiger partial charge in [-0.2, -0.15) is 5.21 Å². The second kappa shape index (κ2) is 5.17. The number of aromatic nitrogens is 6. The molecule has 9 nitrogen and oxygen atoms in total. The summed E-state index contributed by atoms with van der Waals surface area (Å²) in [5, 5.41) is 18.6. The highest BCUT2D eigenvalue weighted by atomic mass is 16.1. The summed E-state index contributed by atoms with van der Waals surface area (Å²) in [6.45, 7) is 1.98. The number of aryl methyl sites for hydroxylation is 1. The molecule has 2 aromatic rings. The Bertz CT molecular complexity index is 538. The molecule has 0 aliphatic carbocycles. The molecule has 0 aliphatic heterocycles. The molecule has 0 unspecified atom stereocenters. The van der Waals surface area contributed by atoms with Crippen molar-refractivity contribution < 1.29 is 4.79 Å². The van der Waals surface area contributed by atoms with E-state index in [1.54, 1.807) is 20.0 Å². The number of H-pyrrole nitrogens is 1. The van der Waals surface area contributed by atoms with Gasteiger partial charge in [0.2, 0.25) is 5.95 Å². The molecular formula is C9H12N8O. The Labute approximate surface area is 102 Å². The van der Waals surface area contributed by atoms with Crippen molar-refractivity contribution in [3.63, 3.8) is 0 Å². The second-order valence-electron chi connectivity index (χ2n) is 3.48. The second-order valence-corrected chi connectivity index (χ2v) is 3.48. The topological polar surface area (TPSA) is 121 Å². The molecule has 2 heterocycles. The van der Waals surface area contributed by atoms with E-state index in [2.05, 4.69) is 41.2 Å². The predicted molar refractivity (Wildman–Crippen MR) is 61.7 cm³/mol. The molecule has 94 valence electrons. The van der Waals surface area contributed by atoms with E-state index in [1.165, 1.54) is 0 Å². The molecule has 0 bridgehead atoms. The van der Waals surface area contributed by atoms with Crippen LogP contribution in [0.3, 0.4) is 0 Å². The van der Waals surface area contributed by atoms with Crippen LogP contribution in [0.4, 0.5) is 5.95 Å². The number of carbonyl (C=O) groups is 1. The van der Waals surface area contributed by atoms with Crippen LogP contribution in [0, 0.1) is 6.92 Å². The van der Waals surface area contributed by atoms with Crippen molar-refractivity contribution in [3.8, 4) is 0 Å². The summed E-state index contributed by atoms with van der Waals surface area (Å²) in [6.07, 6.45) is 0. The van der Waals surface area contributed by atoms with Crippen LogP contribution in [0.5, 0.6) is 0 Å². The number of amides is 1. The molecule has 0 fully saturated rings. The number of hydrogen-bond donors (Lipinski definition) is 3. The van der Waals surface area contributed by atoms with Crippen LogP contribution in [-0.2, 0) is 6.54 Å². The fourth-order valence-electron chi connectivity index (χ4n) is 1.30. The first-order chi connectivity index (χ1) is 8.69. The predicted octanol–water partition coefficient (Wildman–Crippen LogP) is -0.730. The van der Waals surface area contributed by atoms with Gasteiger partial charge in [0.15, 0.2) is 5.82 Å². The Morgan fingerprint density at radius 1 is 1.44 bits per heavy atom. The normalized spacial score (nSPS) is 10.1. The van der Waals surface area contributed by atoms with E-state index in [-0.39, 0.29) is 18.1 Å². The molecule has 0 aliphatic rings. The van der Waals surface area contributed by atoms with Gasteiger partial charge in [0.1, 0.15) is 5.69 Å². The smallest absolute Gasteiger partial charge is 0.270 e. The summed E-state index contributed by atoms with van der Waals surface area (Å²) in [5.74, 6) is 0.490. The molecule has 1 amide bonds. The van der Waals surface area contributed by atoms with Gasteiger partial charge < -0.3 is 10.6 Å². The maximum atomic E-state index is 11.8. The maximum absolute atomic E-state index is 11.8. The highest BCUT2D eigenvalue weighted by Crippen LogP contribution is 2.04. The molecule has 2 rings (SSSR count). The molecular weight excluding hydrogens is 236 g/mol. The molecule has 2 aromatic heterocycles. The molecule has 0 saturated heterocycles. The van der Waals surface area contributed by atoms with Crippen LogP contribution < -0.4 is 10.6 Å². The summed E-state index contributed by atoms with van der Waals surface area (Å²) >= 11 is 0. The van der Waals surface area contributed by atoms with Gasteiger partial charge in [-0.3, -0.25) is 4.79 Å². The van der Waals surface area contributed by atoms with Crippen molar-refractivity contribution in [2.75, 3.05) is 12.4 Å². The van der Waals surface area contributed by atoms with Gasteiger partial charge in [0.05, 0.1) is 6.54 Å². The quantitative estimate of drug-likeness (QED) is 0.652. The number of hydrogen-bond acceptors (Lipinski definition) is 7. The van der Waals surface area contributed by atoms with Gasteiger partial charge in [0, 0.05) is 12.7 Å². The lowest BCUT2D eigenvalue weighted by Gasteiger charge is -2.05. The van der Waals surface area contributed by atoms with E-state index in [4.69, 9.17) is 0 Å². The highest BCUT2D eigenvalue weighted by molar-refractivity contribution is 5.92. The average molecular weight is 248 g/mol. The Kier molecular flexibility index (Phi) is 3.41. The standard InChI is InChI=1S/C9H12N8O/c1-5-3-6(13-9(10-2)12-5)8(18)11-4-7-14-16-17-15-7/h3H,4H2,1-2H3,(H,11,18)(H,10,12,13)(H,14,15,16,17). The zero-order chi connectivity index (χ0) is 13.0. The van der Waals surface area contributed by atoms with Crippen molar-refractivity contribution in [2.45, 2.75) is 13.5 Å².